The number of rotatable bonds is 3. The zero-order valence-electron chi connectivity index (χ0n) is 8.85. The first-order chi connectivity index (χ1) is 7.78. The van der Waals surface area contributed by atoms with Gasteiger partial charge >= 0.3 is 0 Å². The Kier molecular flexibility index (Phi) is 3.10. The molecule has 0 aliphatic carbocycles. The van der Waals surface area contributed by atoms with Gasteiger partial charge in [0, 0.05) is 12.1 Å². The number of hydrogen-bond acceptors (Lipinski definition) is 3. The smallest absolute Gasteiger partial charge is 0.239 e. The van der Waals surface area contributed by atoms with Gasteiger partial charge < -0.3 is 4.74 Å². The fourth-order valence-corrected chi connectivity index (χ4v) is 1.27. The van der Waals surface area contributed by atoms with Crippen molar-refractivity contribution in [2.24, 2.45) is 0 Å². The van der Waals surface area contributed by atoms with Crippen LogP contribution in [0.5, 0.6) is 11.6 Å². The molecule has 0 aliphatic heterocycles. The van der Waals surface area contributed by atoms with Crippen LogP contribution in [-0.2, 0) is 6.42 Å². The SMILES string of the molecule is CCc1ccc(Oc2ccc(F)nn2)cc1. The first kappa shape index (κ1) is 10.5. The van der Waals surface area contributed by atoms with Crippen LogP contribution in [0, 0.1) is 5.95 Å². The molecule has 0 N–H and O–H groups in total. The summed E-state index contributed by atoms with van der Waals surface area (Å²) in [6, 6.07) is 10.3. The Morgan fingerprint density at radius 3 is 2.38 bits per heavy atom. The molecule has 0 amide bonds. The van der Waals surface area contributed by atoms with E-state index < -0.39 is 5.95 Å². The van der Waals surface area contributed by atoms with Crippen LogP contribution in [0.25, 0.3) is 0 Å². The van der Waals surface area contributed by atoms with Crippen molar-refractivity contribution in [1.29, 1.82) is 0 Å². The molecule has 4 heteroatoms. The van der Waals surface area contributed by atoms with E-state index in [-0.39, 0.29) is 5.88 Å². The van der Waals surface area contributed by atoms with Crippen LogP contribution in [0.1, 0.15) is 12.5 Å². The highest BCUT2D eigenvalue weighted by molar-refractivity contribution is 5.30. The predicted octanol–water partition coefficient (Wildman–Crippen LogP) is 2.97. The summed E-state index contributed by atoms with van der Waals surface area (Å²) in [5.74, 6) is 0.331. The van der Waals surface area contributed by atoms with Crippen LogP contribution in [-0.4, -0.2) is 10.2 Å². The quantitative estimate of drug-likeness (QED) is 0.794. The van der Waals surface area contributed by atoms with Crippen molar-refractivity contribution in [3.8, 4) is 11.6 Å². The third kappa shape index (κ3) is 2.53. The molecule has 0 bridgehead atoms. The first-order valence-corrected chi connectivity index (χ1v) is 5.04. The van der Waals surface area contributed by atoms with E-state index in [1.165, 1.54) is 17.7 Å². The van der Waals surface area contributed by atoms with E-state index in [4.69, 9.17) is 4.74 Å². The Morgan fingerprint density at radius 2 is 1.81 bits per heavy atom. The molecule has 2 rings (SSSR count). The van der Waals surface area contributed by atoms with E-state index in [1.807, 2.05) is 24.3 Å². The summed E-state index contributed by atoms with van der Waals surface area (Å²) in [6.07, 6.45) is 0.983. The molecule has 0 fully saturated rings. The van der Waals surface area contributed by atoms with Crippen molar-refractivity contribution in [2.45, 2.75) is 13.3 Å². The number of aryl methyl sites for hydroxylation is 1. The van der Waals surface area contributed by atoms with Crippen LogP contribution in [0.15, 0.2) is 36.4 Å². The molecule has 0 radical (unpaired) electrons. The minimum absolute atomic E-state index is 0.283. The maximum absolute atomic E-state index is 12.5. The largest absolute Gasteiger partial charge is 0.438 e. The Balaban J connectivity index is 2.11. The molecule has 1 aromatic heterocycles. The zero-order chi connectivity index (χ0) is 11.4. The van der Waals surface area contributed by atoms with Crippen LogP contribution < -0.4 is 4.74 Å². The predicted molar refractivity (Wildman–Crippen MR) is 57.9 cm³/mol. The lowest BCUT2D eigenvalue weighted by molar-refractivity contribution is 0.443. The Bertz CT molecular complexity index is 453. The lowest BCUT2D eigenvalue weighted by atomic mass is 10.2. The minimum Gasteiger partial charge on any atom is -0.438 e. The summed E-state index contributed by atoms with van der Waals surface area (Å²) < 4.78 is 17.9. The summed E-state index contributed by atoms with van der Waals surface area (Å²) in [5.41, 5.74) is 1.23. The van der Waals surface area contributed by atoms with Crippen LogP contribution in [0.3, 0.4) is 0 Å². The third-order valence-corrected chi connectivity index (χ3v) is 2.16. The molecule has 1 heterocycles. The molecule has 16 heavy (non-hydrogen) atoms. The van der Waals surface area contributed by atoms with Crippen molar-refractivity contribution >= 4 is 0 Å². The van der Waals surface area contributed by atoms with Crippen molar-refractivity contribution in [2.75, 3.05) is 0 Å². The standard InChI is InChI=1S/C12H11FN2O/c1-2-9-3-5-10(6-4-9)16-12-8-7-11(13)14-15-12/h3-8H,2H2,1H3. The van der Waals surface area contributed by atoms with Crippen LogP contribution >= 0.6 is 0 Å². The summed E-state index contributed by atoms with van der Waals surface area (Å²) >= 11 is 0. The van der Waals surface area contributed by atoms with Crippen LogP contribution in [0.2, 0.25) is 0 Å². The van der Waals surface area contributed by atoms with Gasteiger partial charge in [-0.1, -0.05) is 19.1 Å². The number of aromatic nitrogens is 2. The van der Waals surface area contributed by atoms with E-state index in [1.54, 1.807) is 0 Å². The molecule has 3 nitrogen and oxygen atoms in total. The van der Waals surface area contributed by atoms with Crippen molar-refractivity contribution in [1.82, 2.24) is 10.2 Å². The number of nitrogens with zero attached hydrogens (tertiary/aromatic N) is 2. The highest BCUT2D eigenvalue weighted by Gasteiger charge is 1.99. The van der Waals surface area contributed by atoms with Gasteiger partial charge in [-0.3, -0.25) is 0 Å². The normalized spacial score (nSPS) is 10.1. The molecule has 0 unspecified atom stereocenters. The monoisotopic (exact) mass is 218 g/mol. The van der Waals surface area contributed by atoms with E-state index in [0.29, 0.717) is 5.75 Å². The topological polar surface area (TPSA) is 35.0 Å². The first-order valence-electron chi connectivity index (χ1n) is 5.04. The Morgan fingerprint density at radius 1 is 1.06 bits per heavy atom. The molecule has 0 spiro atoms. The minimum atomic E-state index is -0.617. The maximum atomic E-state index is 12.5. The molecule has 0 aliphatic rings. The molecule has 0 atom stereocenters. The lowest BCUT2D eigenvalue weighted by Gasteiger charge is -2.04. The summed E-state index contributed by atoms with van der Waals surface area (Å²) in [4.78, 5) is 0. The molecular weight excluding hydrogens is 207 g/mol. The molecular formula is C12H11FN2O. The zero-order valence-corrected chi connectivity index (χ0v) is 8.85. The molecule has 0 saturated carbocycles. The Hall–Kier alpha value is -1.97. The fourth-order valence-electron chi connectivity index (χ4n) is 1.27. The second kappa shape index (κ2) is 4.70. The third-order valence-electron chi connectivity index (χ3n) is 2.16. The number of hydrogen-bond donors (Lipinski definition) is 0. The van der Waals surface area contributed by atoms with E-state index in [0.717, 1.165) is 6.42 Å². The van der Waals surface area contributed by atoms with Gasteiger partial charge in [0.2, 0.25) is 11.8 Å². The van der Waals surface area contributed by atoms with E-state index in [9.17, 15) is 4.39 Å². The van der Waals surface area contributed by atoms with E-state index in [2.05, 4.69) is 17.1 Å². The van der Waals surface area contributed by atoms with Gasteiger partial charge in [0.05, 0.1) is 0 Å². The second-order valence-corrected chi connectivity index (χ2v) is 3.29. The number of ether oxygens (including phenoxy) is 1. The summed E-state index contributed by atoms with van der Waals surface area (Å²) in [5, 5.41) is 6.84. The molecule has 2 aromatic rings. The van der Waals surface area contributed by atoms with Gasteiger partial charge in [-0.2, -0.15) is 4.39 Å². The number of benzene rings is 1. The van der Waals surface area contributed by atoms with Crippen molar-refractivity contribution < 1.29 is 9.13 Å². The van der Waals surface area contributed by atoms with Gasteiger partial charge in [-0.15, -0.1) is 10.2 Å². The fraction of sp³-hybridized carbons (Fsp3) is 0.167. The van der Waals surface area contributed by atoms with Crippen molar-refractivity contribution in [3.63, 3.8) is 0 Å². The van der Waals surface area contributed by atoms with Gasteiger partial charge in [0.15, 0.2) is 0 Å². The molecule has 0 saturated heterocycles. The molecule has 1 aromatic carbocycles. The van der Waals surface area contributed by atoms with Crippen molar-refractivity contribution in [3.05, 3.63) is 47.9 Å². The van der Waals surface area contributed by atoms with Crippen LogP contribution in [0.4, 0.5) is 4.39 Å². The highest BCUT2D eigenvalue weighted by Crippen LogP contribution is 2.19. The number of halogens is 1. The average Bonchev–Trinajstić information content (AvgIpc) is 2.33. The highest BCUT2D eigenvalue weighted by atomic mass is 19.1. The van der Waals surface area contributed by atoms with Gasteiger partial charge in [0.25, 0.3) is 0 Å². The van der Waals surface area contributed by atoms with Gasteiger partial charge in [-0.05, 0) is 24.1 Å². The average molecular weight is 218 g/mol. The lowest BCUT2D eigenvalue weighted by Crippen LogP contribution is -1.92. The summed E-state index contributed by atoms with van der Waals surface area (Å²) in [6.45, 7) is 2.08. The Labute approximate surface area is 92.9 Å². The maximum Gasteiger partial charge on any atom is 0.239 e. The van der Waals surface area contributed by atoms with Gasteiger partial charge in [0.1, 0.15) is 5.75 Å². The second-order valence-electron chi connectivity index (χ2n) is 3.29. The molecule has 82 valence electrons. The van der Waals surface area contributed by atoms with Gasteiger partial charge in [-0.25, -0.2) is 0 Å². The van der Waals surface area contributed by atoms with E-state index >= 15 is 0 Å². The summed E-state index contributed by atoms with van der Waals surface area (Å²) in [7, 11) is 0.